The molecule has 3 saturated carbocycles. The average Bonchev–Trinajstić information content (AvgIpc) is 3.33. The van der Waals surface area contributed by atoms with E-state index in [4.69, 9.17) is 9.47 Å². The first-order valence-electron chi connectivity index (χ1n) is 11.3. The predicted octanol–water partition coefficient (Wildman–Crippen LogP) is 3.18. The second-order valence-electron chi connectivity index (χ2n) is 10.2. The summed E-state index contributed by atoms with van der Waals surface area (Å²) in [6, 6.07) is 0. The molecule has 7 heteroatoms. The summed E-state index contributed by atoms with van der Waals surface area (Å²) in [7, 11) is 0. The van der Waals surface area contributed by atoms with Crippen molar-refractivity contribution in [3.63, 3.8) is 0 Å². The van der Waals surface area contributed by atoms with Gasteiger partial charge >= 0.3 is 5.97 Å². The number of fused-ring (bicyclic) bond motifs is 3. The zero-order chi connectivity index (χ0) is 22.2. The van der Waals surface area contributed by atoms with E-state index in [1.165, 1.54) is 0 Å². The lowest BCUT2D eigenvalue weighted by Crippen LogP contribution is -2.62. The van der Waals surface area contributed by atoms with Gasteiger partial charge in [-0.25, -0.2) is 0 Å². The third-order valence-corrected chi connectivity index (χ3v) is 9.68. The number of esters is 1. The molecule has 4 fully saturated rings. The van der Waals surface area contributed by atoms with Gasteiger partial charge in [0, 0.05) is 30.1 Å². The topological polar surface area (TPSA) is 93.2 Å². The third kappa shape index (κ3) is 2.75. The van der Waals surface area contributed by atoms with Crippen molar-refractivity contribution in [3.8, 4) is 0 Å². The fraction of sp³-hybridized carbons (Fsp3) is 0.708. The van der Waals surface area contributed by atoms with Gasteiger partial charge in [0.25, 0.3) is 0 Å². The molecule has 0 bridgehead atoms. The Morgan fingerprint density at radius 3 is 2.81 bits per heavy atom. The lowest BCUT2D eigenvalue weighted by molar-refractivity contribution is -0.163. The van der Waals surface area contributed by atoms with Crippen LogP contribution in [0.15, 0.2) is 23.8 Å². The summed E-state index contributed by atoms with van der Waals surface area (Å²) in [4.78, 5) is 37.4. The first kappa shape index (κ1) is 21.4. The maximum atomic E-state index is 12.8. The minimum absolute atomic E-state index is 0.0244. The summed E-state index contributed by atoms with van der Waals surface area (Å²) >= 11 is 0.991. The van der Waals surface area contributed by atoms with Gasteiger partial charge in [0.1, 0.15) is 11.7 Å². The molecule has 168 valence electrons. The highest BCUT2D eigenvalue weighted by Gasteiger charge is 2.81. The molecular weight excluding hydrogens is 416 g/mol. The SMILES string of the molecule is CCC(=O)O[C@@H]1CC2=CC(=O)C=C[C@]2(C)[C@]23O[C@H]2C[C@]2(C)[C@@H](C(=O)SCO)CC[C@H]2[C@H]13. The molecule has 0 unspecified atom stereocenters. The molecule has 1 N–H and O–H groups in total. The van der Waals surface area contributed by atoms with Crippen LogP contribution < -0.4 is 0 Å². The van der Waals surface area contributed by atoms with E-state index >= 15 is 0 Å². The fourth-order valence-corrected chi connectivity index (χ4v) is 8.23. The Bertz CT molecular complexity index is 910. The van der Waals surface area contributed by atoms with E-state index in [-0.39, 0.29) is 58.2 Å². The van der Waals surface area contributed by atoms with Crippen molar-refractivity contribution in [2.45, 2.75) is 70.7 Å². The Balaban J connectivity index is 1.58. The van der Waals surface area contributed by atoms with Crippen LogP contribution in [0.1, 0.15) is 52.9 Å². The standard InChI is InChI=1S/C24H30O6S/c1-4-19(27)29-17-10-13-9-14(26)7-8-23(13,3)24-18(30-24)11-22(2)15(20(17)24)5-6-16(22)21(28)31-12-25/h7-9,15-18,20,25H,4-6,10-12H2,1-3H3/t15-,16+,17+,18-,20+,22-,23-,24-/m0/s1. The Morgan fingerprint density at radius 1 is 1.32 bits per heavy atom. The second-order valence-corrected chi connectivity index (χ2v) is 11.1. The number of allylic oxidation sites excluding steroid dienone is 2. The number of carbonyl (C=O) groups excluding carboxylic acids is 3. The molecule has 1 aliphatic heterocycles. The summed E-state index contributed by atoms with van der Waals surface area (Å²) in [5.74, 6) is -0.457. The van der Waals surface area contributed by atoms with Crippen molar-refractivity contribution in [2.24, 2.45) is 28.6 Å². The lowest BCUT2D eigenvalue weighted by Gasteiger charge is -2.56. The maximum absolute atomic E-state index is 12.8. The summed E-state index contributed by atoms with van der Waals surface area (Å²) < 4.78 is 12.6. The van der Waals surface area contributed by atoms with Crippen LogP contribution in [0, 0.1) is 28.6 Å². The second kappa shape index (κ2) is 7.03. The molecule has 0 aromatic rings. The van der Waals surface area contributed by atoms with Gasteiger partial charge in [-0.3, -0.25) is 14.4 Å². The molecule has 0 radical (unpaired) electrons. The number of epoxide rings is 1. The van der Waals surface area contributed by atoms with Gasteiger partial charge in [-0.15, -0.1) is 0 Å². The quantitative estimate of drug-likeness (QED) is 0.403. The maximum Gasteiger partial charge on any atom is 0.305 e. The Kier molecular flexibility index (Phi) is 4.85. The van der Waals surface area contributed by atoms with Crippen LogP contribution in [0.25, 0.3) is 0 Å². The third-order valence-electron chi connectivity index (χ3n) is 8.98. The van der Waals surface area contributed by atoms with Crippen molar-refractivity contribution >= 4 is 28.6 Å². The molecule has 8 atom stereocenters. The monoisotopic (exact) mass is 446 g/mol. The number of thioether (sulfide) groups is 1. The number of hydrogen-bond acceptors (Lipinski definition) is 7. The van der Waals surface area contributed by atoms with Crippen LogP contribution in [0.3, 0.4) is 0 Å². The fourth-order valence-electron chi connectivity index (χ4n) is 7.51. The highest BCUT2D eigenvalue weighted by atomic mass is 32.2. The molecular formula is C24H30O6S. The number of hydrogen-bond donors (Lipinski definition) is 1. The van der Waals surface area contributed by atoms with Crippen LogP contribution in [0.2, 0.25) is 0 Å². The predicted molar refractivity (Wildman–Crippen MR) is 115 cm³/mol. The molecule has 6 nitrogen and oxygen atoms in total. The zero-order valence-electron chi connectivity index (χ0n) is 18.3. The highest BCUT2D eigenvalue weighted by Crippen LogP contribution is 2.75. The largest absolute Gasteiger partial charge is 0.462 e. The van der Waals surface area contributed by atoms with Crippen molar-refractivity contribution in [2.75, 3.05) is 5.94 Å². The Hall–Kier alpha value is -1.44. The van der Waals surface area contributed by atoms with Gasteiger partial charge in [0.2, 0.25) is 0 Å². The average molecular weight is 447 g/mol. The van der Waals surface area contributed by atoms with Gasteiger partial charge in [-0.05, 0) is 55.2 Å². The molecule has 0 aromatic heterocycles. The van der Waals surface area contributed by atoms with Crippen LogP contribution in [-0.4, -0.2) is 45.7 Å². The minimum Gasteiger partial charge on any atom is -0.462 e. The van der Waals surface area contributed by atoms with Crippen LogP contribution in [-0.2, 0) is 23.9 Å². The molecule has 1 saturated heterocycles. The number of rotatable bonds is 4. The smallest absolute Gasteiger partial charge is 0.305 e. The van der Waals surface area contributed by atoms with E-state index in [1.807, 2.05) is 6.08 Å². The van der Waals surface area contributed by atoms with Gasteiger partial charge in [-0.2, -0.15) is 0 Å². The molecule has 1 spiro atoms. The van der Waals surface area contributed by atoms with E-state index in [0.717, 1.165) is 36.6 Å². The van der Waals surface area contributed by atoms with Crippen molar-refractivity contribution in [1.29, 1.82) is 0 Å². The first-order chi connectivity index (χ1) is 14.7. The summed E-state index contributed by atoms with van der Waals surface area (Å²) in [5.41, 5.74) is -0.178. The number of ether oxygens (including phenoxy) is 2. The van der Waals surface area contributed by atoms with E-state index in [2.05, 4.69) is 13.8 Å². The van der Waals surface area contributed by atoms with Gasteiger partial charge < -0.3 is 14.6 Å². The normalized spacial score (nSPS) is 46.9. The molecule has 0 aromatic carbocycles. The molecule has 5 aliphatic rings. The molecule has 31 heavy (non-hydrogen) atoms. The first-order valence-corrected chi connectivity index (χ1v) is 12.3. The van der Waals surface area contributed by atoms with E-state index < -0.39 is 11.0 Å². The number of aliphatic hydroxyl groups is 1. The summed E-state index contributed by atoms with van der Waals surface area (Å²) in [6.07, 6.45) is 8.19. The number of carbonyl (C=O) groups is 3. The molecule has 1 heterocycles. The van der Waals surface area contributed by atoms with Gasteiger partial charge in [-0.1, -0.05) is 31.7 Å². The lowest BCUT2D eigenvalue weighted by atomic mass is 9.46. The molecule has 0 amide bonds. The Morgan fingerprint density at radius 2 is 2.10 bits per heavy atom. The summed E-state index contributed by atoms with van der Waals surface area (Å²) in [6.45, 7) is 6.12. The van der Waals surface area contributed by atoms with Crippen LogP contribution in [0.4, 0.5) is 0 Å². The van der Waals surface area contributed by atoms with E-state index in [9.17, 15) is 19.5 Å². The van der Waals surface area contributed by atoms with Crippen LogP contribution >= 0.6 is 11.8 Å². The minimum atomic E-state index is -0.501. The number of aliphatic hydroxyl groups excluding tert-OH is 1. The van der Waals surface area contributed by atoms with Crippen molar-refractivity contribution in [3.05, 3.63) is 23.8 Å². The van der Waals surface area contributed by atoms with Gasteiger partial charge in [0.05, 0.1) is 12.0 Å². The number of ketones is 1. The Labute approximate surface area is 186 Å². The van der Waals surface area contributed by atoms with Gasteiger partial charge in [0.15, 0.2) is 10.9 Å². The van der Waals surface area contributed by atoms with Crippen molar-refractivity contribution < 1.29 is 29.0 Å². The van der Waals surface area contributed by atoms with E-state index in [0.29, 0.717) is 12.8 Å². The zero-order valence-corrected chi connectivity index (χ0v) is 19.1. The molecule has 5 rings (SSSR count). The summed E-state index contributed by atoms with van der Waals surface area (Å²) in [5, 5.41) is 9.34. The highest BCUT2D eigenvalue weighted by molar-refractivity contribution is 8.13. The van der Waals surface area contributed by atoms with Crippen LogP contribution in [0.5, 0.6) is 0 Å². The molecule has 4 aliphatic carbocycles. The van der Waals surface area contributed by atoms with Crippen molar-refractivity contribution in [1.82, 2.24) is 0 Å². The van der Waals surface area contributed by atoms with E-state index in [1.54, 1.807) is 19.1 Å².